The number of rotatable bonds is 25. The molecule has 1 unspecified atom stereocenters. The fourth-order valence-electron chi connectivity index (χ4n) is 7.65. The number of benzene rings is 3. The first-order valence-electron chi connectivity index (χ1n) is 23.0. The Hall–Kier alpha value is -5.38. The van der Waals surface area contributed by atoms with Gasteiger partial charge >= 0.3 is 6.09 Å². The number of carbonyl (C=O) groups is 3. The van der Waals surface area contributed by atoms with E-state index in [9.17, 15) is 14.4 Å². The molecular formula is C51H71N7O7. The summed E-state index contributed by atoms with van der Waals surface area (Å²) in [4.78, 5) is 50.7. The molecule has 1 aromatic heterocycles. The summed E-state index contributed by atoms with van der Waals surface area (Å²) in [5, 5.41) is 9.10. The predicted molar refractivity (Wildman–Crippen MR) is 258 cm³/mol. The number of alkyl carbamates (subject to hydrolysis) is 1. The SMILES string of the molecule is CCN(CC)c1ccc(NC(=O)c2cccc(CN(C)CCN(C)CCOCCOCCOCCNC(=O)OC(C)(C)C)c2)c(-c2cc(C(=O)NC3CCCc4ccccc43)ccn2)c1. The van der Waals surface area contributed by atoms with Gasteiger partial charge in [0.15, 0.2) is 0 Å². The molecule has 1 atom stereocenters. The molecule has 4 aromatic rings. The van der Waals surface area contributed by atoms with E-state index in [0.29, 0.717) is 75.2 Å². The van der Waals surface area contributed by atoms with E-state index < -0.39 is 11.7 Å². The number of hydrogen-bond acceptors (Lipinski definition) is 11. The number of anilines is 2. The predicted octanol–water partition coefficient (Wildman–Crippen LogP) is 7.59. The van der Waals surface area contributed by atoms with Crippen LogP contribution in [0.4, 0.5) is 16.2 Å². The molecule has 0 radical (unpaired) electrons. The van der Waals surface area contributed by atoms with Gasteiger partial charge in [-0.2, -0.15) is 0 Å². The summed E-state index contributed by atoms with van der Waals surface area (Å²) in [6, 6.07) is 25.6. The number of pyridine rings is 1. The summed E-state index contributed by atoms with van der Waals surface area (Å²) < 4.78 is 22.0. The van der Waals surface area contributed by atoms with Gasteiger partial charge in [0, 0.05) is 74.4 Å². The molecule has 14 nitrogen and oxygen atoms in total. The zero-order valence-electron chi connectivity index (χ0n) is 39.6. The molecule has 0 fully saturated rings. The maximum absolute atomic E-state index is 13.9. The fraction of sp³-hybridized carbons (Fsp3) is 0.490. The minimum Gasteiger partial charge on any atom is -0.444 e. The lowest BCUT2D eigenvalue weighted by molar-refractivity contribution is 0.0109. The van der Waals surface area contributed by atoms with E-state index in [4.69, 9.17) is 23.9 Å². The number of fused-ring (bicyclic) bond motifs is 1. The highest BCUT2D eigenvalue weighted by atomic mass is 16.6. The second-order valence-corrected chi connectivity index (χ2v) is 17.4. The molecule has 0 spiro atoms. The van der Waals surface area contributed by atoms with Gasteiger partial charge in [0.25, 0.3) is 11.8 Å². The molecule has 0 saturated carbocycles. The minimum absolute atomic E-state index is 0.0432. The highest BCUT2D eigenvalue weighted by Crippen LogP contribution is 2.33. The number of aryl methyl sites for hydroxylation is 1. The van der Waals surface area contributed by atoms with Crippen LogP contribution in [0.2, 0.25) is 0 Å². The minimum atomic E-state index is -0.526. The summed E-state index contributed by atoms with van der Waals surface area (Å²) in [5.74, 6) is -0.371. The van der Waals surface area contributed by atoms with Crippen molar-refractivity contribution < 1.29 is 33.3 Å². The molecular weight excluding hydrogens is 823 g/mol. The van der Waals surface area contributed by atoms with Gasteiger partial charge in [-0.05, 0) is 127 Å². The Morgan fingerprint density at radius 2 is 1.46 bits per heavy atom. The number of nitrogens with zero attached hydrogens (tertiary/aromatic N) is 4. The molecule has 0 bridgehead atoms. The van der Waals surface area contributed by atoms with Gasteiger partial charge in [0.2, 0.25) is 0 Å². The maximum atomic E-state index is 13.9. The van der Waals surface area contributed by atoms with Crippen molar-refractivity contribution in [2.24, 2.45) is 0 Å². The van der Waals surface area contributed by atoms with Crippen LogP contribution in [0.15, 0.2) is 85.1 Å². The third kappa shape index (κ3) is 16.8. The van der Waals surface area contributed by atoms with Gasteiger partial charge < -0.3 is 49.6 Å². The van der Waals surface area contributed by atoms with Crippen LogP contribution in [0, 0.1) is 0 Å². The van der Waals surface area contributed by atoms with Crippen molar-refractivity contribution >= 4 is 29.3 Å². The molecule has 1 aliphatic carbocycles. The van der Waals surface area contributed by atoms with Gasteiger partial charge in [0.1, 0.15) is 5.60 Å². The van der Waals surface area contributed by atoms with E-state index in [1.807, 2.05) is 75.4 Å². The first kappa shape index (κ1) is 50.6. The van der Waals surface area contributed by atoms with Gasteiger partial charge in [-0.3, -0.25) is 14.6 Å². The molecule has 0 aliphatic heterocycles. The van der Waals surface area contributed by atoms with E-state index in [1.54, 1.807) is 12.3 Å². The standard InChI is InChI=1S/C51H71N7O7/c1-8-58(9-2)42-20-21-46(44(36-42)47-35-41(22-23-52-47)49(60)54-45-19-13-16-39-15-10-11-18-43(39)45)55-48(59)40-17-12-14-38(34-40)37-57(7)26-25-56(6)27-29-63-31-33-64-32-30-62-28-24-53-50(61)65-51(3,4)5/h10-12,14-15,17-18,20-23,34-36,45H,8-9,13,16,19,24-33,37H2,1-7H3,(H,53,61)(H,54,60)(H,55,59). The normalized spacial score (nSPS) is 13.6. The first-order valence-corrected chi connectivity index (χ1v) is 23.0. The molecule has 14 heteroatoms. The van der Waals surface area contributed by atoms with Crippen molar-refractivity contribution in [1.29, 1.82) is 0 Å². The topological polar surface area (TPSA) is 147 Å². The van der Waals surface area contributed by atoms with Crippen LogP contribution >= 0.6 is 0 Å². The molecule has 3 amide bonds. The lowest BCUT2D eigenvalue weighted by Gasteiger charge is -2.26. The Bertz CT molecular complexity index is 2120. The highest BCUT2D eigenvalue weighted by Gasteiger charge is 2.23. The van der Waals surface area contributed by atoms with Crippen LogP contribution in [0.1, 0.15) is 90.9 Å². The highest BCUT2D eigenvalue weighted by molar-refractivity contribution is 6.06. The van der Waals surface area contributed by atoms with E-state index >= 15 is 0 Å². The van der Waals surface area contributed by atoms with Crippen molar-refractivity contribution in [3.63, 3.8) is 0 Å². The van der Waals surface area contributed by atoms with E-state index in [0.717, 1.165) is 68.8 Å². The maximum Gasteiger partial charge on any atom is 0.407 e. The van der Waals surface area contributed by atoms with Crippen molar-refractivity contribution in [3.05, 3.63) is 113 Å². The Morgan fingerprint density at radius 3 is 2.22 bits per heavy atom. The summed E-state index contributed by atoms with van der Waals surface area (Å²) in [5.41, 5.74) is 7.03. The molecule has 65 heavy (non-hydrogen) atoms. The van der Waals surface area contributed by atoms with E-state index in [1.165, 1.54) is 11.1 Å². The molecule has 5 rings (SSSR count). The van der Waals surface area contributed by atoms with Gasteiger partial charge in [-0.15, -0.1) is 0 Å². The first-order chi connectivity index (χ1) is 31.3. The van der Waals surface area contributed by atoms with Crippen LogP contribution < -0.4 is 20.9 Å². The molecule has 3 aromatic carbocycles. The summed E-state index contributed by atoms with van der Waals surface area (Å²) >= 11 is 0. The second-order valence-electron chi connectivity index (χ2n) is 17.4. The fourth-order valence-corrected chi connectivity index (χ4v) is 7.65. The van der Waals surface area contributed by atoms with Crippen molar-refractivity contribution in [1.82, 2.24) is 25.4 Å². The summed E-state index contributed by atoms with van der Waals surface area (Å²) in [6.45, 7) is 17.7. The molecule has 1 heterocycles. The van der Waals surface area contributed by atoms with E-state index in [-0.39, 0.29) is 17.9 Å². The summed E-state index contributed by atoms with van der Waals surface area (Å²) in [7, 11) is 4.16. The Morgan fingerprint density at radius 1 is 0.754 bits per heavy atom. The number of nitrogens with one attached hydrogen (secondary N) is 3. The largest absolute Gasteiger partial charge is 0.444 e. The van der Waals surface area contributed by atoms with Crippen LogP contribution in [0.3, 0.4) is 0 Å². The number of hydrogen-bond donors (Lipinski definition) is 3. The van der Waals surface area contributed by atoms with Crippen molar-refractivity contribution in [2.45, 2.75) is 72.1 Å². The molecule has 1 aliphatic rings. The smallest absolute Gasteiger partial charge is 0.407 e. The average Bonchev–Trinajstić information content (AvgIpc) is 3.29. The third-order valence-electron chi connectivity index (χ3n) is 11.1. The lowest BCUT2D eigenvalue weighted by atomic mass is 9.87. The Balaban J connectivity index is 1.07. The van der Waals surface area contributed by atoms with Gasteiger partial charge in [-0.25, -0.2) is 4.79 Å². The van der Waals surface area contributed by atoms with Crippen LogP contribution in [-0.4, -0.2) is 131 Å². The van der Waals surface area contributed by atoms with Crippen LogP contribution in [0.25, 0.3) is 11.3 Å². The van der Waals surface area contributed by atoms with Crippen molar-refractivity contribution in [3.8, 4) is 11.3 Å². The zero-order valence-corrected chi connectivity index (χ0v) is 39.6. The number of amides is 3. The van der Waals surface area contributed by atoms with E-state index in [2.05, 4.69) is 76.8 Å². The number of ether oxygens (including phenoxy) is 4. The van der Waals surface area contributed by atoms with Crippen molar-refractivity contribution in [2.75, 3.05) is 103 Å². The zero-order chi connectivity index (χ0) is 46.6. The average molecular weight is 894 g/mol. The molecule has 3 N–H and O–H groups in total. The summed E-state index contributed by atoms with van der Waals surface area (Å²) in [6.07, 6.45) is 4.15. The van der Waals surface area contributed by atoms with Crippen LogP contribution in [-0.2, 0) is 31.9 Å². The molecule has 352 valence electrons. The van der Waals surface area contributed by atoms with Gasteiger partial charge in [0.05, 0.1) is 57.1 Å². The quantitative estimate of drug-likeness (QED) is 0.0566. The number of carbonyl (C=O) groups excluding carboxylic acids is 3. The lowest BCUT2D eigenvalue weighted by Crippen LogP contribution is -2.34. The third-order valence-corrected chi connectivity index (χ3v) is 11.1. The Labute approximate surface area is 386 Å². The van der Waals surface area contributed by atoms with Crippen LogP contribution in [0.5, 0.6) is 0 Å². The Kier molecular flexibility index (Phi) is 20.2. The van der Waals surface area contributed by atoms with Gasteiger partial charge in [-0.1, -0.05) is 36.4 Å². The number of likely N-dealkylation sites (N-methyl/N-ethyl adjacent to an activating group) is 2. The molecule has 0 saturated heterocycles. The monoisotopic (exact) mass is 894 g/mol. The number of aromatic nitrogens is 1. The second kappa shape index (κ2) is 25.9.